The molecule has 0 unspecified atom stereocenters. The van der Waals surface area contributed by atoms with Crippen molar-refractivity contribution in [2.75, 3.05) is 38.1 Å². The Labute approximate surface area is 196 Å². The van der Waals surface area contributed by atoms with E-state index in [1.807, 2.05) is 31.3 Å². The van der Waals surface area contributed by atoms with Crippen molar-refractivity contribution in [3.8, 4) is 0 Å². The van der Waals surface area contributed by atoms with Crippen LogP contribution in [0.25, 0.3) is 16.6 Å². The average Bonchev–Trinajstić information content (AvgIpc) is 3.34. The molecule has 0 radical (unpaired) electrons. The third-order valence-corrected chi connectivity index (χ3v) is 6.50. The number of H-pyrrole nitrogens is 1. The highest BCUT2D eigenvalue weighted by Gasteiger charge is 2.23. The number of aryl methyl sites for hydroxylation is 1. The lowest BCUT2D eigenvalue weighted by molar-refractivity contribution is 0.0962. The minimum Gasteiger partial charge on any atom is -0.366 e. The zero-order valence-corrected chi connectivity index (χ0v) is 19.3. The van der Waals surface area contributed by atoms with Gasteiger partial charge in [0, 0.05) is 57.7 Å². The maximum atomic E-state index is 15.0. The van der Waals surface area contributed by atoms with Crippen LogP contribution in [0.3, 0.4) is 0 Å². The van der Waals surface area contributed by atoms with Crippen molar-refractivity contribution in [1.29, 1.82) is 0 Å². The molecule has 1 amide bonds. The predicted molar refractivity (Wildman–Crippen MR) is 130 cm³/mol. The molecule has 9 heteroatoms. The summed E-state index contributed by atoms with van der Waals surface area (Å²) in [5.41, 5.74) is 4.88. The lowest BCUT2D eigenvalue weighted by Crippen LogP contribution is -2.46. The average molecular weight is 463 g/mol. The van der Waals surface area contributed by atoms with Gasteiger partial charge in [0.25, 0.3) is 5.91 Å². The molecule has 4 aromatic rings. The monoisotopic (exact) mass is 462 g/mol. The Bertz CT molecular complexity index is 1430. The van der Waals surface area contributed by atoms with E-state index in [0.717, 1.165) is 40.8 Å². The number of carbonyl (C=O) groups excluding carboxylic acids is 1. The zero-order valence-electron chi connectivity index (χ0n) is 19.3. The first-order valence-electron chi connectivity index (χ1n) is 11.5. The van der Waals surface area contributed by atoms with E-state index in [4.69, 9.17) is 0 Å². The van der Waals surface area contributed by atoms with Gasteiger partial charge in [-0.3, -0.25) is 19.1 Å². The normalized spacial score (nSPS) is 14.7. The van der Waals surface area contributed by atoms with E-state index >= 15 is 4.39 Å². The van der Waals surface area contributed by atoms with Crippen LogP contribution in [0.2, 0.25) is 0 Å². The van der Waals surface area contributed by atoms with Gasteiger partial charge in [-0.15, -0.1) is 0 Å². The van der Waals surface area contributed by atoms with Crippen LogP contribution < -0.4 is 15.9 Å². The standard InChI is InChI=1S/C25H27FN6O2/c1-3-17-12-18(24(33)27-2)13-19(26)23(17)31-9-7-30(8-10-31)15-16-11-20-22(28-14-16)21-5-4-6-32(21)25(34)29-20/h4-6,11-14H,3,7-10,15H2,1-2H3,(H,27,33)(H,29,34). The second-order valence-corrected chi connectivity index (χ2v) is 8.59. The quantitative estimate of drug-likeness (QED) is 0.476. The van der Waals surface area contributed by atoms with Crippen LogP contribution in [0.15, 0.2) is 47.5 Å². The fourth-order valence-electron chi connectivity index (χ4n) is 4.76. The van der Waals surface area contributed by atoms with Gasteiger partial charge in [-0.2, -0.15) is 0 Å². The molecule has 8 nitrogen and oxygen atoms in total. The molecule has 4 heterocycles. The van der Waals surface area contributed by atoms with Gasteiger partial charge < -0.3 is 15.2 Å². The minimum atomic E-state index is -0.356. The van der Waals surface area contributed by atoms with Crippen molar-refractivity contribution in [2.24, 2.45) is 0 Å². The smallest absolute Gasteiger partial charge is 0.330 e. The predicted octanol–water partition coefficient (Wildman–Crippen LogP) is 2.56. The number of carbonyl (C=O) groups is 1. The third kappa shape index (κ3) is 3.92. The first-order valence-corrected chi connectivity index (χ1v) is 11.5. The lowest BCUT2D eigenvalue weighted by atomic mass is 10.0. The van der Waals surface area contributed by atoms with Crippen molar-refractivity contribution in [1.82, 2.24) is 24.6 Å². The third-order valence-electron chi connectivity index (χ3n) is 6.50. The van der Waals surface area contributed by atoms with Gasteiger partial charge in [0.1, 0.15) is 11.3 Å². The Morgan fingerprint density at radius 2 is 2.00 bits per heavy atom. The molecule has 1 aliphatic rings. The summed E-state index contributed by atoms with van der Waals surface area (Å²) in [6.45, 7) is 5.58. The Kier molecular flexibility index (Phi) is 5.79. The second-order valence-electron chi connectivity index (χ2n) is 8.59. The lowest BCUT2D eigenvalue weighted by Gasteiger charge is -2.37. The van der Waals surface area contributed by atoms with Gasteiger partial charge >= 0.3 is 5.69 Å². The van der Waals surface area contributed by atoms with Gasteiger partial charge in [-0.1, -0.05) is 6.92 Å². The van der Waals surface area contributed by atoms with Gasteiger partial charge in [-0.25, -0.2) is 9.18 Å². The molecule has 176 valence electrons. The van der Waals surface area contributed by atoms with E-state index in [1.54, 1.807) is 23.7 Å². The molecule has 3 aromatic heterocycles. The zero-order chi connectivity index (χ0) is 23.8. The number of rotatable bonds is 5. The summed E-state index contributed by atoms with van der Waals surface area (Å²) in [7, 11) is 1.54. The number of piperazine rings is 1. The fourth-order valence-corrected chi connectivity index (χ4v) is 4.76. The second kappa shape index (κ2) is 8.90. The van der Waals surface area contributed by atoms with Crippen molar-refractivity contribution >= 4 is 28.1 Å². The van der Waals surface area contributed by atoms with E-state index in [9.17, 15) is 9.59 Å². The van der Waals surface area contributed by atoms with E-state index in [1.165, 1.54) is 6.07 Å². The molecular weight excluding hydrogens is 435 g/mol. The first-order chi connectivity index (χ1) is 16.5. The van der Waals surface area contributed by atoms with Gasteiger partial charge in [0.2, 0.25) is 0 Å². The Morgan fingerprint density at radius 1 is 1.21 bits per heavy atom. The van der Waals surface area contributed by atoms with Gasteiger partial charge in [-0.05, 0) is 47.9 Å². The van der Waals surface area contributed by atoms with Crippen molar-refractivity contribution in [3.05, 3.63) is 75.7 Å². The number of halogens is 1. The minimum absolute atomic E-state index is 0.184. The Hall–Kier alpha value is -3.72. The number of benzene rings is 1. The molecule has 1 aromatic carbocycles. The summed E-state index contributed by atoms with van der Waals surface area (Å²) in [6.07, 6.45) is 4.22. The summed E-state index contributed by atoms with van der Waals surface area (Å²) >= 11 is 0. The molecule has 1 saturated heterocycles. The molecule has 1 aliphatic heterocycles. The van der Waals surface area contributed by atoms with E-state index < -0.39 is 0 Å². The molecule has 5 rings (SSSR count). The molecular formula is C25H27FN6O2. The van der Waals surface area contributed by atoms with Crippen LogP contribution >= 0.6 is 0 Å². The van der Waals surface area contributed by atoms with Crippen molar-refractivity contribution < 1.29 is 9.18 Å². The number of fused-ring (bicyclic) bond motifs is 3. The molecule has 0 aliphatic carbocycles. The summed E-state index contributed by atoms with van der Waals surface area (Å²) in [4.78, 5) is 36.1. The fraction of sp³-hybridized carbons (Fsp3) is 0.320. The number of anilines is 1. The highest BCUT2D eigenvalue weighted by atomic mass is 19.1. The number of aromatic nitrogens is 3. The molecule has 2 N–H and O–H groups in total. The molecule has 0 saturated carbocycles. The number of amides is 1. The number of aromatic amines is 1. The number of hydrogen-bond acceptors (Lipinski definition) is 5. The van der Waals surface area contributed by atoms with Crippen LogP contribution in [0, 0.1) is 5.82 Å². The number of nitrogens with one attached hydrogen (secondary N) is 2. The number of pyridine rings is 1. The van der Waals surface area contributed by atoms with Gasteiger partial charge in [0.05, 0.1) is 16.7 Å². The molecule has 0 bridgehead atoms. The highest BCUT2D eigenvalue weighted by molar-refractivity contribution is 5.94. The van der Waals surface area contributed by atoms with Crippen molar-refractivity contribution in [2.45, 2.75) is 19.9 Å². The van der Waals surface area contributed by atoms with E-state index in [2.05, 4.69) is 25.1 Å². The Morgan fingerprint density at radius 3 is 2.74 bits per heavy atom. The first kappa shape index (κ1) is 22.1. The summed E-state index contributed by atoms with van der Waals surface area (Å²) in [5, 5.41) is 2.56. The molecule has 0 spiro atoms. The Balaban J connectivity index is 1.31. The van der Waals surface area contributed by atoms with Gasteiger partial charge in [0.15, 0.2) is 0 Å². The molecule has 34 heavy (non-hydrogen) atoms. The largest absolute Gasteiger partial charge is 0.366 e. The van der Waals surface area contributed by atoms with Crippen LogP contribution in [0.5, 0.6) is 0 Å². The number of hydrogen-bond donors (Lipinski definition) is 2. The summed E-state index contributed by atoms with van der Waals surface area (Å²) in [5.74, 6) is -0.640. The van der Waals surface area contributed by atoms with E-state index in [-0.39, 0.29) is 17.4 Å². The highest BCUT2D eigenvalue weighted by Crippen LogP contribution is 2.28. The SMILES string of the molecule is CCc1cc(C(=O)NC)cc(F)c1N1CCN(Cc2cnc3c(c2)[nH]c(=O)n2cccc32)CC1. The van der Waals surface area contributed by atoms with Crippen molar-refractivity contribution in [3.63, 3.8) is 0 Å². The van der Waals surface area contributed by atoms with E-state index in [0.29, 0.717) is 37.3 Å². The summed E-state index contributed by atoms with van der Waals surface area (Å²) < 4.78 is 16.6. The summed E-state index contributed by atoms with van der Waals surface area (Å²) in [6, 6.07) is 8.80. The van der Waals surface area contributed by atoms with Crippen LogP contribution in [-0.2, 0) is 13.0 Å². The number of nitrogens with zero attached hydrogens (tertiary/aromatic N) is 4. The maximum Gasteiger partial charge on any atom is 0.330 e. The molecule has 0 atom stereocenters. The van der Waals surface area contributed by atoms with Crippen LogP contribution in [0.4, 0.5) is 10.1 Å². The van der Waals surface area contributed by atoms with Crippen LogP contribution in [0.1, 0.15) is 28.4 Å². The maximum absolute atomic E-state index is 15.0. The molecule has 1 fully saturated rings. The van der Waals surface area contributed by atoms with Crippen LogP contribution in [-0.4, -0.2) is 58.4 Å². The topological polar surface area (TPSA) is 85.7 Å².